The molecule has 0 saturated heterocycles. The van der Waals surface area contributed by atoms with E-state index in [9.17, 15) is 4.79 Å². The fourth-order valence-corrected chi connectivity index (χ4v) is 1.75. The van der Waals surface area contributed by atoms with Crippen LogP contribution in [-0.2, 0) is 0 Å². The van der Waals surface area contributed by atoms with Crippen LogP contribution in [-0.4, -0.2) is 25.2 Å². The van der Waals surface area contributed by atoms with Gasteiger partial charge in [0, 0.05) is 7.05 Å². The van der Waals surface area contributed by atoms with Crippen molar-refractivity contribution in [1.82, 2.24) is 0 Å². The van der Waals surface area contributed by atoms with E-state index in [0.717, 1.165) is 5.69 Å². The first kappa shape index (κ1) is 12.0. The van der Waals surface area contributed by atoms with Crippen LogP contribution < -0.4 is 10.1 Å². The third kappa shape index (κ3) is 2.02. The van der Waals surface area contributed by atoms with E-state index in [1.807, 2.05) is 18.2 Å². The number of furan rings is 1. The van der Waals surface area contributed by atoms with Gasteiger partial charge in [-0.1, -0.05) is 6.07 Å². The standard InChI is InChI=1S/C13H13NO4/c1-14-9-5-3-4-8(12(9)17-2)10-6-7-11(18-10)13(15)16/h3-7,14H,1-2H3,(H,15,16). The van der Waals surface area contributed by atoms with Crippen LogP contribution in [0.3, 0.4) is 0 Å². The molecule has 0 aliphatic heterocycles. The Kier molecular flexibility index (Phi) is 3.23. The Morgan fingerprint density at radius 2 is 2.11 bits per heavy atom. The van der Waals surface area contributed by atoms with Crippen LogP contribution in [0.2, 0.25) is 0 Å². The number of ether oxygens (including phenoxy) is 1. The molecular formula is C13H13NO4. The molecule has 5 heteroatoms. The largest absolute Gasteiger partial charge is 0.494 e. The molecule has 1 heterocycles. The predicted molar refractivity (Wildman–Crippen MR) is 67.2 cm³/mol. The topological polar surface area (TPSA) is 71.7 Å². The lowest BCUT2D eigenvalue weighted by molar-refractivity contribution is 0.0663. The molecule has 0 amide bonds. The lowest BCUT2D eigenvalue weighted by atomic mass is 10.1. The lowest BCUT2D eigenvalue weighted by Gasteiger charge is -2.11. The monoisotopic (exact) mass is 247 g/mol. The maximum atomic E-state index is 10.8. The number of aromatic carboxylic acids is 1. The van der Waals surface area contributed by atoms with E-state index in [0.29, 0.717) is 17.1 Å². The fourth-order valence-electron chi connectivity index (χ4n) is 1.75. The van der Waals surface area contributed by atoms with Gasteiger partial charge >= 0.3 is 5.97 Å². The Bertz CT molecular complexity index is 574. The van der Waals surface area contributed by atoms with Gasteiger partial charge in [-0.3, -0.25) is 0 Å². The van der Waals surface area contributed by atoms with E-state index in [1.54, 1.807) is 20.2 Å². The summed E-state index contributed by atoms with van der Waals surface area (Å²) in [5.41, 5.74) is 1.51. The number of carboxylic acids is 1. The first-order valence-electron chi connectivity index (χ1n) is 5.35. The third-order valence-corrected chi connectivity index (χ3v) is 2.57. The minimum atomic E-state index is -1.09. The molecule has 0 fully saturated rings. The molecule has 0 unspecified atom stereocenters. The van der Waals surface area contributed by atoms with Crippen molar-refractivity contribution in [2.24, 2.45) is 0 Å². The number of para-hydroxylation sites is 1. The quantitative estimate of drug-likeness (QED) is 0.869. The van der Waals surface area contributed by atoms with Crippen LogP contribution in [0, 0.1) is 0 Å². The summed E-state index contributed by atoms with van der Waals surface area (Å²) in [5.74, 6) is -0.112. The molecule has 1 aromatic heterocycles. The number of anilines is 1. The average Bonchev–Trinajstić information content (AvgIpc) is 2.87. The summed E-state index contributed by atoms with van der Waals surface area (Å²) in [6, 6.07) is 8.55. The molecule has 2 N–H and O–H groups in total. The highest BCUT2D eigenvalue weighted by Crippen LogP contribution is 2.36. The molecule has 94 valence electrons. The number of rotatable bonds is 4. The van der Waals surface area contributed by atoms with Gasteiger partial charge in [-0.05, 0) is 24.3 Å². The van der Waals surface area contributed by atoms with Crippen molar-refractivity contribution < 1.29 is 19.1 Å². The Morgan fingerprint density at radius 3 is 2.67 bits per heavy atom. The Labute approximate surface area is 104 Å². The van der Waals surface area contributed by atoms with E-state index < -0.39 is 5.97 Å². The molecule has 2 aromatic rings. The third-order valence-electron chi connectivity index (χ3n) is 2.57. The zero-order valence-corrected chi connectivity index (χ0v) is 10.1. The second-order valence-electron chi connectivity index (χ2n) is 3.61. The van der Waals surface area contributed by atoms with Crippen LogP contribution in [0.1, 0.15) is 10.6 Å². The van der Waals surface area contributed by atoms with Gasteiger partial charge in [-0.25, -0.2) is 4.79 Å². The predicted octanol–water partition coefficient (Wildman–Crippen LogP) is 2.70. The Balaban J connectivity index is 2.52. The first-order chi connectivity index (χ1) is 8.67. The van der Waals surface area contributed by atoms with Gasteiger partial charge in [0.15, 0.2) is 5.75 Å². The Hall–Kier alpha value is -2.43. The van der Waals surface area contributed by atoms with Crippen molar-refractivity contribution in [3.63, 3.8) is 0 Å². The van der Waals surface area contributed by atoms with Crippen LogP contribution in [0.15, 0.2) is 34.7 Å². The normalized spacial score (nSPS) is 10.1. The number of nitrogens with one attached hydrogen (secondary N) is 1. The van der Waals surface area contributed by atoms with Crippen molar-refractivity contribution in [3.05, 3.63) is 36.1 Å². The molecule has 1 aromatic carbocycles. The highest BCUT2D eigenvalue weighted by Gasteiger charge is 2.15. The van der Waals surface area contributed by atoms with Crippen molar-refractivity contribution in [2.75, 3.05) is 19.5 Å². The average molecular weight is 247 g/mol. The van der Waals surface area contributed by atoms with Crippen LogP contribution in [0.5, 0.6) is 5.75 Å². The van der Waals surface area contributed by atoms with Gasteiger partial charge in [0.1, 0.15) is 5.76 Å². The number of benzene rings is 1. The van der Waals surface area contributed by atoms with E-state index in [2.05, 4.69) is 5.32 Å². The second kappa shape index (κ2) is 4.83. The van der Waals surface area contributed by atoms with Gasteiger partial charge in [0.25, 0.3) is 0 Å². The lowest BCUT2D eigenvalue weighted by Crippen LogP contribution is -1.95. The van der Waals surface area contributed by atoms with Crippen LogP contribution >= 0.6 is 0 Å². The number of hydrogen-bond acceptors (Lipinski definition) is 4. The smallest absolute Gasteiger partial charge is 0.371 e. The van der Waals surface area contributed by atoms with Crippen LogP contribution in [0.4, 0.5) is 5.69 Å². The van der Waals surface area contributed by atoms with Crippen molar-refractivity contribution in [2.45, 2.75) is 0 Å². The molecule has 0 aliphatic rings. The fraction of sp³-hybridized carbons (Fsp3) is 0.154. The number of methoxy groups -OCH3 is 1. The van der Waals surface area contributed by atoms with E-state index in [1.165, 1.54) is 6.07 Å². The van der Waals surface area contributed by atoms with Crippen LogP contribution in [0.25, 0.3) is 11.3 Å². The SMILES string of the molecule is CNc1cccc(-c2ccc(C(=O)O)o2)c1OC. The zero-order valence-electron chi connectivity index (χ0n) is 10.1. The molecule has 0 spiro atoms. The Morgan fingerprint density at radius 1 is 1.33 bits per heavy atom. The van der Waals surface area contributed by atoms with Crippen molar-refractivity contribution >= 4 is 11.7 Å². The summed E-state index contributed by atoms with van der Waals surface area (Å²) in [6.07, 6.45) is 0. The second-order valence-corrected chi connectivity index (χ2v) is 3.61. The first-order valence-corrected chi connectivity index (χ1v) is 5.35. The van der Waals surface area contributed by atoms with E-state index in [-0.39, 0.29) is 5.76 Å². The summed E-state index contributed by atoms with van der Waals surface area (Å²) < 4.78 is 10.6. The molecule has 0 aliphatic carbocycles. The summed E-state index contributed by atoms with van der Waals surface area (Å²) >= 11 is 0. The summed E-state index contributed by atoms with van der Waals surface area (Å²) in [7, 11) is 3.34. The highest BCUT2D eigenvalue weighted by molar-refractivity contribution is 5.86. The molecule has 0 saturated carbocycles. The van der Waals surface area contributed by atoms with Gasteiger partial charge < -0.3 is 19.6 Å². The maximum Gasteiger partial charge on any atom is 0.371 e. The molecule has 0 atom stereocenters. The van der Waals surface area contributed by atoms with Gasteiger partial charge in [-0.2, -0.15) is 0 Å². The number of carboxylic acid groups (broad SMARTS) is 1. The minimum absolute atomic E-state index is 0.0955. The molecule has 2 rings (SSSR count). The molecule has 0 radical (unpaired) electrons. The van der Waals surface area contributed by atoms with Gasteiger partial charge in [0.2, 0.25) is 5.76 Å². The van der Waals surface area contributed by atoms with E-state index in [4.69, 9.17) is 14.3 Å². The van der Waals surface area contributed by atoms with E-state index >= 15 is 0 Å². The minimum Gasteiger partial charge on any atom is -0.494 e. The number of carbonyl (C=O) groups is 1. The van der Waals surface area contributed by atoms with Gasteiger partial charge in [-0.15, -0.1) is 0 Å². The molecule has 18 heavy (non-hydrogen) atoms. The summed E-state index contributed by atoms with van der Waals surface area (Å²) in [5, 5.41) is 11.8. The summed E-state index contributed by atoms with van der Waals surface area (Å²) in [4.78, 5) is 10.8. The van der Waals surface area contributed by atoms with Crippen molar-refractivity contribution in [1.29, 1.82) is 0 Å². The molecular weight excluding hydrogens is 234 g/mol. The van der Waals surface area contributed by atoms with Crippen molar-refractivity contribution in [3.8, 4) is 17.1 Å². The molecule has 0 bridgehead atoms. The highest BCUT2D eigenvalue weighted by atomic mass is 16.5. The molecule has 5 nitrogen and oxygen atoms in total. The zero-order chi connectivity index (χ0) is 13.1. The summed E-state index contributed by atoms with van der Waals surface area (Å²) in [6.45, 7) is 0. The maximum absolute atomic E-state index is 10.8. The number of hydrogen-bond donors (Lipinski definition) is 2. The van der Waals surface area contributed by atoms with Gasteiger partial charge in [0.05, 0.1) is 18.4 Å².